The first-order chi connectivity index (χ1) is 32.7. The highest BCUT2D eigenvalue weighted by molar-refractivity contribution is 5.70. The zero-order chi connectivity index (χ0) is 52.9. The van der Waals surface area contributed by atoms with Crippen LogP contribution in [0.25, 0.3) is 0 Å². The van der Waals surface area contributed by atoms with Crippen LogP contribution in [0, 0.1) is 0 Å². The summed E-state index contributed by atoms with van der Waals surface area (Å²) in [7, 11) is 0. The molecule has 400 valence electrons. The largest absolute Gasteiger partial charge is 0.463 e. The molecule has 8 N–H and O–H groups in total. The molecular formula is C40H60O30. The van der Waals surface area contributed by atoms with Crippen molar-refractivity contribution >= 4 is 47.8 Å². The van der Waals surface area contributed by atoms with Gasteiger partial charge in [-0.1, -0.05) is 0 Å². The van der Waals surface area contributed by atoms with Crippen LogP contribution >= 0.6 is 0 Å². The summed E-state index contributed by atoms with van der Waals surface area (Å²) < 4.78 is 75.4. The first-order valence-electron chi connectivity index (χ1n) is 21.2. The maximum Gasteiger partial charge on any atom is 0.305 e. The Bertz CT molecular complexity index is 1790. The molecule has 30 heteroatoms. The molecule has 4 rings (SSSR count). The second-order valence-corrected chi connectivity index (χ2v) is 15.8. The van der Waals surface area contributed by atoms with Crippen LogP contribution in [0.3, 0.4) is 0 Å². The summed E-state index contributed by atoms with van der Waals surface area (Å²) in [4.78, 5) is 96.3. The van der Waals surface area contributed by atoms with Gasteiger partial charge in [0.1, 0.15) is 80.4 Å². The molecule has 0 aliphatic carbocycles. The lowest BCUT2D eigenvalue weighted by molar-refractivity contribution is -0.357. The van der Waals surface area contributed by atoms with Crippen molar-refractivity contribution in [1.82, 2.24) is 0 Å². The molecule has 20 atom stereocenters. The minimum atomic E-state index is -1.83. The molecule has 0 saturated carbocycles. The van der Waals surface area contributed by atoms with E-state index in [2.05, 4.69) is 0 Å². The third-order valence-electron chi connectivity index (χ3n) is 10.1. The smallest absolute Gasteiger partial charge is 0.305 e. The third kappa shape index (κ3) is 16.6. The number of carbonyl (C=O) groups is 8. The zero-order valence-electron chi connectivity index (χ0n) is 38.9. The number of aliphatic hydroxyl groups is 8. The molecule has 4 saturated heterocycles. The van der Waals surface area contributed by atoms with Crippen molar-refractivity contribution in [1.29, 1.82) is 0 Å². The van der Waals surface area contributed by atoms with Gasteiger partial charge in [0.15, 0.2) is 43.3 Å². The summed E-state index contributed by atoms with van der Waals surface area (Å²) in [5.41, 5.74) is 0. The fourth-order valence-electron chi connectivity index (χ4n) is 7.30. The molecule has 30 nitrogen and oxygen atoms in total. The maximum atomic E-state index is 12.3. The molecule has 70 heavy (non-hydrogen) atoms. The molecule has 0 aromatic carbocycles. The molecule has 9 unspecified atom stereocenters. The number of hydrogen-bond acceptors (Lipinski definition) is 30. The molecule has 0 aromatic rings. The van der Waals surface area contributed by atoms with Crippen molar-refractivity contribution < 1.29 is 146 Å². The van der Waals surface area contributed by atoms with Gasteiger partial charge in [-0.15, -0.1) is 0 Å². The van der Waals surface area contributed by atoms with Gasteiger partial charge in [-0.25, -0.2) is 0 Å². The highest BCUT2D eigenvalue weighted by Crippen LogP contribution is 2.36. The Morgan fingerprint density at radius 1 is 0.343 bits per heavy atom. The van der Waals surface area contributed by atoms with E-state index in [1.165, 1.54) is 0 Å². The molecule has 4 fully saturated rings. The lowest BCUT2D eigenvalue weighted by Crippen LogP contribution is -2.67. The van der Waals surface area contributed by atoms with E-state index in [9.17, 15) is 74.1 Å². The number of esters is 8. The molecule has 0 bridgehead atoms. The lowest BCUT2D eigenvalue weighted by Gasteiger charge is -2.48. The van der Waals surface area contributed by atoms with Crippen molar-refractivity contribution in [3.05, 3.63) is 0 Å². The molecule has 0 aromatic heterocycles. The van der Waals surface area contributed by atoms with E-state index in [-0.39, 0.29) is 0 Å². The fraction of sp³-hybridized carbons (Fsp3) is 0.800. The Labute approximate surface area is 397 Å². The number of rotatable bonds is 16. The van der Waals surface area contributed by atoms with Gasteiger partial charge in [0.2, 0.25) is 12.4 Å². The molecular weight excluding hydrogens is 960 g/mol. The first-order valence-corrected chi connectivity index (χ1v) is 21.2. The summed E-state index contributed by atoms with van der Waals surface area (Å²) in [6.45, 7) is 5.70. The Kier molecular flexibility index (Phi) is 23.1. The summed E-state index contributed by atoms with van der Waals surface area (Å²) in [6.07, 6.45) is -31.9. The third-order valence-corrected chi connectivity index (χ3v) is 10.1. The Hall–Kier alpha value is -4.80. The summed E-state index contributed by atoms with van der Waals surface area (Å²) in [5.74, 6) is -7.02. The van der Waals surface area contributed by atoms with Gasteiger partial charge in [-0.2, -0.15) is 0 Å². The Morgan fingerprint density at radius 3 is 1.19 bits per heavy atom. The van der Waals surface area contributed by atoms with Crippen LogP contribution in [0.2, 0.25) is 0 Å². The van der Waals surface area contributed by atoms with E-state index >= 15 is 0 Å². The molecule has 4 aliphatic heterocycles. The average Bonchev–Trinajstić information content (AvgIpc) is 3.25. The Balaban J connectivity index is 0.000000468. The monoisotopic (exact) mass is 1020 g/mol. The van der Waals surface area contributed by atoms with Crippen LogP contribution in [-0.4, -0.2) is 238 Å². The van der Waals surface area contributed by atoms with Crippen molar-refractivity contribution in [2.45, 2.75) is 178 Å². The van der Waals surface area contributed by atoms with Crippen molar-refractivity contribution in [2.75, 3.05) is 26.4 Å². The number of hydrogen-bond donors (Lipinski definition) is 8. The number of aliphatic hydroxyl groups excluding tert-OH is 8. The van der Waals surface area contributed by atoms with Crippen LogP contribution in [0.15, 0.2) is 0 Å². The Morgan fingerprint density at radius 2 is 0.729 bits per heavy atom. The fourth-order valence-corrected chi connectivity index (χ4v) is 7.30. The van der Waals surface area contributed by atoms with E-state index in [0.29, 0.717) is 0 Å². The molecule has 0 amide bonds. The minimum Gasteiger partial charge on any atom is -0.463 e. The lowest BCUT2D eigenvalue weighted by atomic mass is 9.96. The standard InChI is InChI=1S/C28H38O19.C12H22O11/c1-11(29)37-9-19-21(39-13(3)31)23(40-14(4)32)26(43-17(7)35)28(46-19)47-22-20(10-38-12(2)30)45-27(44-18(8)36)25(42-16(6)34)24(22)41-15(5)33;13-1-3-5(15)6(16)9(19)12(22-3)23-10-4(2-14)21-11(20)8(18)7(10)17/h19-28H,9-10H2,1-8H3;3-20H,1-2H2/t19?,20?,21-,22+,23-,24-,25?,26?,27?,28-;3?,4?,5-,6?,7+,8?,9-,10+,11+,12-/m00/s1. The van der Waals surface area contributed by atoms with E-state index in [0.717, 1.165) is 55.4 Å². The molecule has 0 spiro atoms. The molecule has 4 heterocycles. The van der Waals surface area contributed by atoms with E-state index in [1.807, 2.05) is 0 Å². The van der Waals surface area contributed by atoms with Gasteiger partial charge in [-0.05, 0) is 0 Å². The zero-order valence-corrected chi connectivity index (χ0v) is 38.9. The second-order valence-electron chi connectivity index (χ2n) is 15.8. The quantitative estimate of drug-likeness (QED) is 0.0527. The van der Waals surface area contributed by atoms with Gasteiger partial charge in [0.25, 0.3) is 0 Å². The van der Waals surface area contributed by atoms with Gasteiger partial charge >= 0.3 is 47.8 Å². The predicted octanol–water partition coefficient (Wildman–Crippen LogP) is -6.23. The van der Waals surface area contributed by atoms with Crippen LogP contribution < -0.4 is 0 Å². The minimum absolute atomic E-state index is 0.590. The topological polar surface area (TPSA) is 428 Å². The van der Waals surface area contributed by atoms with Gasteiger partial charge in [0, 0.05) is 55.4 Å². The van der Waals surface area contributed by atoms with E-state index < -0.39 is 197 Å². The van der Waals surface area contributed by atoms with Gasteiger partial charge in [-0.3, -0.25) is 38.4 Å². The number of carbonyl (C=O) groups excluding carboxylic acids is 8. The van der Waals surface area contributed by atoms with Gasteiger partial charge < -0.3 is 107 Å². The predicted molar refractivity (Wildman–Crippen MR) is 214 cm³/mol. The van der Waals surface area contributed by atoms with Crippen molar-refractivity contribution in [3.63, 3.8) is 0 Å². The van der Waals surface area contributed by atoms with Crippen molar-refractivity contribution in [2.24, 2.45) is 0 Å². The normalized spacial score (nSPS) is 37.1. The van der Waals surface area contributed by atoms with E-state index in [1.54, 1.807) is 0 Å². The van der Waals surface area contributed by atoms with E-state index in [4.69, 9.17) is 71.4 Å². The maximum absolute atomic E-state index is 12.3. The van der Waals surface area contributed by atoms with Crippen LogP contribution in [-0.2, 0) is 105 Å². The molecule has 0 radical (unpaired) electrons. The highest BCUT2D eigenvalue weighted by atomic mass is 16.8. The van der Waals surface area contributed by atoms with Crippen LogP contribution in [0.5, 0.6) is 0 Å². The first kappa shape index (κ1) is 59.5. The summed E-state index contributed by atoms with van der Waals surface area (Å²) in [5, 5.41) is 76.5. The van der Waals surface area contributed by atoms with Gasteiger partial charge in [0.05, 0.1) is 13.2 Å². The summed E-state index contributed by atoms with van der Waals surface area (Å²) in [6, 6.07) is 0. The average molecular weight is 1020 g/mol. The summed E-state index contributed by atoms with van der Waals surface area (Å²) >= 11 is 0. The second kappa shape index (κ2) is 27.1. The van der Waals surface area contributed by atoms with Crippen LogP contribution in [0.1, 0.15) is 55.4 Å². The SMILES string of the molecule is CC(=O)OCC1OC(OC(C)=O)C(OC(C)=O)[C@@H](OC(C)=O)[C@@H]1O[C@@H]1OC(COC(C)=O)[C@H](OC(C)=O)[C@H](OC(C)=O)C1OC(C)=O.OCC1O[C@@H](O[C@@H]2C(CO)O[C@@H](O)C(O)[C@H]2O)[C@@H](O)C(O)[C@H]1O. The molecule has 4 aliphatic rings. The van der Waals surface area contributed by atoms with Crippen LogP contribution in [0.4, 0.5) is 0 Å². The highest BCUT2D eigenvalue weighted by Gasteiger charge is 2.58. The van der Waals surface area contributed by atoms with Crippen molar-refractivity contribution in [3.8, 4) is 0 Å². The number of ether oxygens (including phenoxy) is 14.